The predicted molar refractivity (Wildman–Crippen MR) is 114 cm³/mol. The van der Waals surface area contributed by atoms with Crippen LogP contribution in [-0.4, -0.2) is 64.9 Å². The van der Waals surface area contributed by atoms with E-state index in [1.165, 1.54) is 5.48 Å². The lowest BCUT2D eigenvalue weighted by atomic mass is 9.89. The first-order valence-corrected chi connectivity index (χ1v) is 10.6. The highest BCUT2D eigenvalue weighted by Crippen LogP contribution is 2.26. The number of hydrogen-bond acceptors (Lipinski definition) is 6. The summed E-state index contributed by atoms with van der Waals surface area (Å²) in [4.78, 5) is 28.8. The SMILES string of the molecule is CC(C)CC(C(=O)N1CCN(c2ccc(OC(C)C)cc2)C[C@H]1C)[C@H](O)C(=O)NO. The number of piperazine rings is 1. The van der Waals surface area contributed by atoms with Crippen LogP contribution in [0.2, 0.25) is 0 Å². The summed E-state index contributed by atoms with van der Waals surface area (Å²) in [5.74, 6) is -1.17. The first kappa shape index (κ1) is 24.0. The van der Waals surface area contributed by atoms with Crippen molar-refractivity contribution in [3.05, 3.63) is 24.3 Å². The molecule has 8 nitrogen and oxygen atoms in total. The molecular weight excluding hydrogens is 386 g/mol. The second-order valence-electron chi connectivity index (χ2n) is 8.64. The van der Waals surface area contributed by atoms with Gasteiger partial charge in [-0.1, -0.05) is 13.8 Å². The normalized spacial score (nSPS) is 19.0. The molecular formula is C22H35N3O5. The molecule has 1 aromatic carbocycles. The molecule has 1 heterocycles. The standard InChI is InChI=1S/C22H35N3O5/c1-14(2)12-19(20(26)21(27)23-29)22(28)25-11-10-24(13-16(25)5)17-6-8-18(9-7-17)30-15(3)4/h6-9,14-16,19-20,26,29H,10-13H2,1-5H3,(H,23,27)/t16-,19?,20+/m1/s1. The van der Waals surface area contributed by atoms with Gasteiger partial charge < -0.3 is 19.6 Å². The third-order valence-electron chi connectivity index (χ3n) is 5.29. The molecule has 30 heavy (non-hydrogen) atoms. The lowest BCUT2D eigenvalue weighted by molar-refractivity contribution is -0.152. The van der Waals surface area contributed by atoms with Gasteiger partial charge >= 0.3 is 0 Å². The smallest absolute Gasteiger partial charge is 0.272 e. The maximum Gasteiger partial charge on any atom is 0.272 e. The number of nitrogens with one attached hydrogen (secondary N) is 1. The summed E-state index contributed by atoms with van der Waals surface area (Å²) in [6, 6.07) is 7.83. The van der Waals surface area contributed by atoms with Gasteiger partial charge in [-0.05, 0) is 57.4 Å². The van der Waals surface area contributed by atoms with E-state index in [0.717, 1.165) is 11.4 Å². The Balaban J connectivity index is 2.07. The zero-order chi connectivity index (χ0) is 22.4. The minimum absolute atomic E-state index is 0.0862. The van der Waals surface area contributed by atoms with Gasteiger partial charge in [0.2, 0.25) is 5.91 Å². The first-order valence-electron chi connectivity index (χ1n) is 10.6. The highest BCUT2D eigenvalue weighted by atomic mass is 16.5. The Kier molecular flexibility index (Phi) is 8.49. The van der Waals surface area contributed by atoms with Crippen LogP contribution in [0.4, 0.5) is 5.69 Å². The number of carbonyl (C=O) groups excluding carboxylic acids is 2. The number of carbonyl (C=O) groups is 2. The minimum atomic E-state index is -1.58. The molecule has 1 aliphatic heterocycles. The molecule has 0 saturated carbocycles. The van der Waals surface area contributed by atoms with Crippen LogP contribution < -0.4 is 15.1 Å². The number of rotatable bonds is 8. The lowest BCUT2D eigenvalue weighted by Crippen LogP contribution is -2.57. The number of aliphatic hydroxyl groups excluding tert-OH is 1. The quantitative estimate of drug-likeness (QED) is 0.439. The third kappa shape index (κ3) is 6.09. The number of anilines is 1. The fourth-order valence-corrected chi connectivity index (χ4v) is 3.86. The molecule has 1 saturated heterocycles. The molecule has 1 aliphatic rings. The van der Waals surface area contributed by atoms with Crippen LogP contribution in [0.1, 0.15) is 41.0 Å². The van der Waals surface area contributed by atoms with Crippen LogP contribution >= 0.6 is 0 Å². The molecule has 2 rings (SSSR count). The van der Waals surface area contributed by atoms with E-state index in [2.05, 4.69) is 4.90 Å². The van der Waals surface area contributed by atoms with E-state index in [-0.39, 0.29) is 24.0 Å². The lowest BCUT2D eigenvalue weighted by Gasteiger charge is -2.42. The zero-order valence-corrected chi connectivity index (χ0v) is 18.5. The van der Waals surface area contributed by atoms with Crippen molar-refractivity contribution >= 4 is 17.5 Å². The van der Waals surface area contributed by atoms with E-state index in [1.54, 1.807) is 4.90 Å². The predicted octanol–water partition coefficient (Wildman–Crippen LogP) is 2.04. The van der Waals surface area contributed by atoms with Gasteiger partial charge in [0.1, 0.15) is 11.9 Å². The number of benzene rings is 1. The molecule has 3 N–H and O–H groups in total. The molecule has 0 spiro atoms. The Labute approximate surface area is 178 Å². The molecule has 0 radical (unpaired) electrons. The number of nitrogens with zero attached hydrogens (tertiary/aromatic N) is 2. The maximum atomic E-state index is 13.2. The fraction of sp³-hybridized carbons (Fsp3) is 0.636. The van der Waals surface area contributed by atoms with Crippen molar-refractivity contribution in [3.8, 4) is 5.75 Å². The molecule has 0 bridgehead atoms. The van der Waals surface area contributed by atoms with Gasteiger partial charge in [0.25, 0.3) is 5.91 Å². The second kappa shape index (κ2) is 10.6. The van der Waals surface area contributed by atoms with E-state index in [0.29, 0.717) is 26.1 Å². The average molecular weight is 422 g/mol. The Morgan fingerprint density at radius 1 is 1.17 bits per heavy atom. The van der Waals surface area contributed by atoms with Gasteiger partial charge in [-0.25, -0.2) is 5.48 Å². The molecule has 168 valence electrons. The zero-order valence-electron chi connectivity index (χ0n) is 18.5. The Hall–Kier alpha value is -2.32. The highest BCUT2D eigenvalue weighted by molar-refractivity contribution is 5.89. The molecule has 0 aromatic heterocycles. The molecule has 1 unspecified atom stereocenters. The molecule has 3 atom stereocenters. The van der Waals surface area contributed by atoms with Crippen molar-refractivity contribution in [2.75, 3.05) is 24.5 Å². The summed E-state index contributed by atoms with van der Waals surface area (Å²) in [7, 11) is 0. The topological polar surface area (TPSA) is 102 Å². The number of hydroxylamine groups is 1. The van der Waals surface area contributed by atoms with Crippen LogP contribution in [0, 0.1) is 11.8 Å². The summed E-state index contributed by atoms with van der Waals surface area (Å²) in [5.41, 5.74) is 2.51. The Morgan fingerprint density at radius 2 is 1.80 bits per heavy atom. The molecule has 0 aliphatic carbocycles. The van der Waals surface area contributed by atoms with Crippen LogP contribution in [0.3, 0.4) is 0 Å². The van der Waals surface area contributed by atoms with Gasteiger partial charge in [-0.2, -0.15) is 0 Å². The third-order valence-corrected chi connectivity index (χ3v) is 5.29. The van der Waals surface area contributed by atoms with Crippen LogP contribution in [0.25, 0.3) is 0 Å². The van der Waals surface area contributed by atoms with E-state index in [4.69, 9.17) is 9.94 Å². The average Bonchev–Trinajstić information content (AvgIpc) is 2.70. The molecule has 8 heteroatoms. The van der Waals surface area contributed by atoms with Crippen molar-refractivity contribution in [1.29, 1.82) is 0 Å². The number of ether oxygens (including phenoxy) is 1. The van der Waals surface area contributed by atoms with Gasteiger partial charge in [-0.15, -0.1) is 0 Å². The molecule has 2 amide bonds. The van der Waals surface area contributed by atoms with Gasteiger partial charge in [0.15, 0.2) is 0 Å². The van der Waals surface area contributed by atoms with Gasteiger partial charge in [0.05, 0.1) is 12.0 Å². The van der Waals surface area contributed by atoms with E-state index >= 15 is 0 Å². The second-order valence-corrected chi connectivity index (χ2v) is 8.64. The highest BCUT2D eigenvalue weighted by Gasteiger charge is 2.38. The van der Waals surface area contributed by atoms with Crippen molar-refractivity contribution < 1.29 is 24.6 Å². The van der Waals surface area contributed by atoms with Crippen molar-refractivity contribution in [2.45, 2.75) is 59.3 Å². The minimum Gasteiger partial charge on any atom is -0.491 e. The summed E-state index contributed by atoms with van der Waals surface area (Å²) in [6.07, 6.45) is -1.10. The summed E-state index contributed by atoms with van der Waals surface area (Å²) >= 11 is 0. The van der Waals surface area contributed by atoms with Crippen LogP contribution in [0.15, 0.2) is 24.3 Å². The number of aliphatic hydroxyl groups is 1. The van der Waals surface area contributed by atoms with Gasteiger partial charge in [0, 0.05) is 31.4 Å². The van der Waals surface area contributed by atoms with E-state index in [9.17, 15) is 14.7 Å². The largest absolute Gasteiger partial charge is 0.491 e. The first-order chi connectivity index (χ1) is 14.1. The van der Waals surface area contributed by atoms with Crippen LogP contribution in [0.5, 0.6) is 5.75 Å². The fourth-order valence-electron chi connectivity index (χ4n) is 3.86. The van der Waals surface area contributed by atoms with Crippen molar-refractivity contribution in [3.63, 3.8) is 0 Å². The van der Waals surface area contributed by atoms with E-state index in [1.807, 2.05) is 58.9 Å². The Morgan fingerprint density at radius 3 is 2.30 bits per heavy atom. The van der Waals surface area contributed by atoms with Crippen molar-refractivity contribution in [2.24, 2.45) is 11.8 Å². The van der Waals surface area contributed by atoms with Gasteiger partial charge in [-0.3, -0.25) is 14.8 Å². The number of amides is 2. The molecule has 1 aromatic rings. The number of hydrogen-bond donors (Lipinski definition) is 3. The monoisotopic (exact) mass is 421 g/mol. The Bertz CT molecular complexity index is 707. The van der Waals surface area contributed by atoms with E-state index < -0.39 is 17.9 Å². The summed E-state index contributed by atoms with van der Waals surface area (Å²) < 4.78 is 5.69. The maximum absolute atomic E-state index is 13.2. The van der Waals surface area contributed by atoms with Crippen LogP contribution in [-0.2, 0) is 9.59 Å². The summed E-state index contributed by atoms with van der Waals surface area (Å²) in [6.45, 7) is 11.6. The molecule has 1 fully saturated rings. The van der Waals surface area contributed by atoms with Crippen molar-refractivity contribution in [1.82, 2.24) is 10.4 Å². The summed E-state index contributed by atoms with van der Waals surface area (Å²) in [5, 5.41) is 19.2.